The summed E-state index contributed by atoms with van der Waals surface area (Å²) in [6.45, 7) is 1.77. The molecule has 6 heteroatoms. The number of carboxylic acid groups (broad SMARTS) is 1. The third-order valence-corrected chi connectivity index (χ3v) is 2.66. The van der Waals surface area contributed by atoms with Crippen molar-refractivity contribution in [3.05, 3.63) is 17.2 Å². The van der Waals surface area contributed by atoms with E-state index in [1.54, 1.807) is 6.92 Å². The van der Waals surface area contributed by atoms with E-state index in [4.69, 9.17) is 14.6 Å². The van der Waals surface area contributed by atoms with Crippen molar-refractivity contribution in [1.29, 1.82) is 0 Å². The van der Waals surface area contributed by atoms with E-state index in [-0.39, 0.29) is 22.8 Å². The number of rotatable bonds is 5. The Kier molecular flexibility index (Phi) is 4.38. The maximum atomic E-state index is 10.9. The topological polar surface area (TPSA) is 96.2 Å². The number of hydrogen-bond donors (Lipinski definition) is 3. The van der Waals surface area contributed by atoms with E-state index in [0.717, 1.165) is 0 Å². The summed E-state index contributed by atoms with van der Waals surface area (Å²) in [5.74, 6) is -1.41. The van der Waals surface area contributed by atoms with Crippen molar-refractivity contribution in [3.63, 3.8) is 0 Å². The number of carboxylic acids is 1. The van der Waals surface area contributed by atoms with Gasteiger partial charge in [-0.2, -0.15) is 0 Å². The van der Waals surface area contributed by atoms with Crippen LogP contribution in [-0.4, -0.2) is 35.5 Å². The van der Waals surface area contributed by atoms with E-state index in [2.05, 4.69) is 0 Å². The zero-order valence-corrected chi connectivity index (χ0v) is 10.4. The molecule has 1 unspecified atom stereocenters. The van der Waals surface area contributed by atoms with Crippen LogP contribution in [0.1, 0.15) is 24.2 Å². The normalized spacial score (nSPS) is 12.0. The number of aliphatic carboxylic acids is 1. The number of aliphatic hydroxyl groups excluding tert-OH is 1. The molecule has 0 saturated heterocycles. The van der Waals surface area contributed by atoms with Crippen LogP contribution in [0.15, 0.2) is 6.07 Å². The highest BCUT2D eigenvalue weighted by Crippen LogP contribution is 2.43. The SMILES string of the molecule is CCc1c(C(O)C(=O)O)cc(OC)c(O)c1OC. The molecule has 18 heavy (non-hydrogen) atoms. The molecule has 0 bridgehead atoms. The van der Waals surface area contributed by atoms with Crippen LogP contribution in [0.4, 0.5) is 0 Å². The Labute approximate surface area is 104 Å². The molecule has 3 N–H and O–H groups in total. The van der Waals surface area contributed by atoms with E-state index in [1.807, 2.05) is 0 Å². The fourth-order valence-corrected chi connectivity index (χ4v) is 1.80. The predicted molar refractivity (Wildman–Crippen MR) is 63.2 cm³/mol. The van der Waals surface area contributed by atoms with Gasteiger partial charge in [-0.15, -0.1) is 0 Å². The number of phenols is 1. The minimum absolute atomic E-state index is 0.0550. The van der Waals surface area contributed by atoms with Crippen molar-refractivity contribution in [2.24, 2.45) is 0 Å². The van der Waals surface area contributed by atoms with E-state index < -0.39 is 12.1 Å². The van der Waals surface area contributed by atoms with Crippen molar-refractivity contribution in [3.8, 4) is 17.2 Å². The van der Waals surface area contributed by atoms with Crippen LogP contribution in [0.5, 0.6) is 17.2 Å². The van der Waals surface area contributed by atoms with E-state index in [0.29, 0.717) is 12.0 Å². The summed E-state index contributed by atoms with van der Waals surface area (Å²) in [7, 11) is 2.68. The molecule has 1 rings (SSSR count). The molecule has 0 radical (unpaired) electrons. The summed E-state index contributed by atoms with van der Waals surface area (Å²) in [5.41, 5.74) is 0.585. The number of carbonyl (C=O) groups is 1. The second-order valence-corrected chi connectivity index (χ2v) is 3.62. The van der Waals surface area contributed by atoms with Gasteiger partial charge < -0.3 is 24.8 Å². The van der Waals surface area contributed by atoms with Gasteiger partial charge in [0.1, 0.15) is 0 Å². The van der Waals surface area contributed by atoms with Gasteiger partial charge in [-0.05, 0) is 12.5 Å². The van der Waals surface area contributed by atoms with Crippen LogP contribution < -0.4 is 9.47 Å². The lowest BCUT2D eigenvalue weighted by Gasteiger charge is -2.18. The number of benzene rings is 1. The Morgan fingerprint density at radius 3 is 2.39 bits per heavy atom. The van der Waals surface area contributed by atoms with Gasteiger partial charge in [0.15, 0.2) is 17.6 Å². The third kappa shape index (κ3) is 2.33. The summed E-state index contributed by atoms with van der Waals surface area (Å²) in [5, 5.41) is 28.4. The Bertz CT molecular complexity index is 454. The minimum atomic E-state index is -1.69. The second kappa shape index (κ2) is 5.59. The Morgan fingerprint density at radius 2 is 2.00 bits per heavy atom. The lowest BCUT2D eigenvalue weighted by Crippen LogP contribution is -2.13. The third-order valence-electron chi connectivity index (χ3n) is 2.66. The van der Waals surface area contributed by atoms with Crippen LogP contribution >= 0.6 is 0 Å². The van der Waals surface area contributed by atoms with Gasteiger partial charge in [-0.1, -0.05) is 6.92 Å². The van der Waals surface area contributed by atoms with Gasteiger partial charge >= 0.3 is 5.97 Å². The minimum Gasteiger partial charge on any atom is -0.502 e. The molecule has 100 valence electrons. The van der Waals surface area contributed by atoms with E-state index in [1.165, 1.54) is 20.3 Å². The largest absolute Gasteiger partial charge is 0.502 e. The van der Waals surface area contributed by atoms with Crippen LogP contribution in [0, 0.1) is 0 Å². The molecule has 0 aliphatic rings. The standard InChI is InChI=1S/C12H16O6/c1-4-6-7(9(13)12(15)16)5-8(17-2)10(14)11(6)18-3/h5,9,13-14H,4H2,1-3H3,(H,15,16). The summed E-state index contributed by atoms with van der Waals surface area (Å²) in [6.07, 6.45) is -1.29. The molecule has 0 fully saturated rings. The number of aromatic hydroxyl groups is 1. The predicted octanol–water partition coefficient (Wildman–Crippen LogP) is 1.09. The van der Waals surface area contributed by atoms with Crippen molar-refractivity contribution in [2.75, 3.05) is 14.2 Å². The van der Waals surface area contributed by atoms with Gasteiger partial charge in [0.2, 0.25) is 5.75 Å². The van der Waals surface area contributed by atoms with Crippen LogP contribution in [0.2, 0.25) is 0 Å². The quantitative estimate of drug-likeness (QED) is 0.729. The number of ether oxygens (including phenoxy) is 2. The average Bonchev–Trinajstić information content (AvgIpc) is 2.36. The molecule has 0 aliphatic heterocycles. The molecule has 1 aromatic rings. The Morgan fingerprint density at radius 1 is 1.39 bits per heavy atom. The highest BCUT2D eigenvalue weighted by atomic mass is 16.5. The number of aliphatic hydroxyl groups is 1. The molecule has 0 spiro atoms. The van der Waals surface area contributed by atoms with Crippen LogP contribution in [-0.2, 0) is 11.2 Å². The Hall–Kier alpha value is -1.95. The first-order valence-corrected chi connectivity index (χ1v) is 5.35. The molecule has 1 aromatic carbocycles. The summed E-state index contributed by atoms with van der Waals surface area (Å²) < 4.78 is 9.97. The van der Waals surface area contributed by atoms with Gasteiger partial charge in [0.25, 0.3) is 0 Å². The molecule has 0 aromatic heterocycles. The van der Waals surface area contributed by atoms with E-state index in [9.17, 15) is 15.0 Å². The molecule has 0 saturated carbocycles. The molecular formula is C12H16O6. The zero-order chi connectivity index (χ0) is 13.9. The smallest absolute Gasteiger partial charge is 0.337 e. The van der Waals surface area contributed by atoms with Gasteiger partial charge in [0, 0.05) is 11.1 Å². The Balaban J connectivity index is 3.54. The first-order chi connectivity index (χ1) is 8.47. The second-order valence-electron chi connectivity index (χ2n) is 3.62. The van der Waals surface area contributed by atoms with Crippen molar-refractivity contribution in [1.82, 2.24) is 0 Å². The first kappa shape index (κ1) is 14.1. The average molecular weight is 256 g/mol. The summed E-state index contributed by atoms with van der Waals surface area (Å²) >= 11 is 0. The summed E-state index contributed by atoms with van der Waals surface area (Å²) in [6, 6.07) is 1.30. The van der Waals surface area contributed by atoms with E-state index >= 15 is 0 Å². The first-order valence-electron chi connectivity index (χ1n) is 5.35. The maximum Gasteiger partial charge on any atom is 0.337 e. The highest BCUT2D eigenvalue weighted by molar-refractivity contribution is 5.76. The molecule has 1 atom stereocenters. The van der Waals surface area contributed by atoms with Crippen molar-refractivity contribution >= 4 is 5.97 Å². The van der Waals surface area contributed by atoms with Crippen LogP contribution in [0.25, 0.3) is 0 Å². The molecular weight excluding hydrogens is 240 g/mol. The number of methoxy groups -OCH3 is 2. The molecule has 0 amide bonds. The lowest BCUT2D eigenvalue weighted by atomic mass is 9.98. The molecule has 0 aliphatic carbocycles. The lowest BCUT2D eigenvalue weighted by molar-refractivity contribution is -0.147. The fourth-order valence-electron chi connectivity index (χ4n) is 1.80. The van der Waals surface area contributed by atoms with Crippen LogP contribution in [0.3, 0.4) is 0 Å². The number of hydrogen-bond acceptors (Lipinski definition) is 5. The van der Waals surface area contributed by atoms with Gasteiger partial charge in [0.05, 0.1) is 14.2 Å². The van der Waals surface area contributed by atoms with Crippen molar-refractivity contribution in [2.45, 2.75) is 19.4 Å². The van der Waals surface area contributed by atoms with Crippen molar-refractivity contribution < 1.29 is 29.6 Å². The van der Waals surface area contributed by atoms with Gasteiger partial charge in [-0.25, -0.2) is 4.79 Å². The van der Waals surface area contributed by atoms with Gasteiger partial charge in [-0.3, -0.25) is 0 Å². The fraction of sp³-hybridized carbons (Fsp3) is 0.417. The maximum absolute atomic E-state index is 10.9. The number of phenolic OH excluding ortho intramolecular Hbond substituents is 1. The monoisotopic (exact) mass is 256 g/mol. The molecule has 6 nitrogen and oxygen atoms in total. The highest BCUT2D eigenvalue weighted by Gasteiger charge is 2.25. The molecule has 0 heterocycles. The zero-order valence-electron chi connectivity index (χ0n) is 10.4. The summed E-state index contributed by atoms with van der Waals surface area (Å²) in [4.78, 5) is 10.9.